The zero-order valence-corrected chi connectivity index (χ0v) is 13.8. The molecule has 6 heteroatoms. The highest BCUT2D eigenvalue weighted by Gasteiger charge is 2.21. The van der Waals surface area contributed by atoms with E-state index in [4.69, 9.17) is 5.73 Å². The van der Waals surface area contributed by atoms with Crippen molar-refractivity contribution in [2.45, 2.75) is 4.90 Å². The van der Waals surface area contributed by atoms with Gasteiger partial charge in [0.25, 0.3) is 0 Å². The maximum atomic E-state index is 12.7. The monoisotopic (exact) mass is 337 g/mol. The van der Waals surface area contributed by atoms with Crippen molar-refractivity contribution in [3.05, 3.63) is 65.2 Å². The number of sulfone groups is 1. The molecule has 0 aliphatic heterocycles. The fraction of sp³-hybridized carbons (Fsp3) is 0.0556. The number of fused-ring (bicyclic) bond motifs is 1. The van der Waals surface area contributed by atoms with E-state index in [-0.39, 0.29) is 9.80 Å². The molecule has 0 unspecified atom stereocenters. The molecular weight excluding hydrogens is 322 g/mol. The molecule has 2 N–H and O–H groups in total. The predicted molar refractivity (Wildman–Crippen MR) is 94.5 cm³/mol. The summed E-state index contributed by atoms with van der Waals surface area (Å²) in [6.45, 7) is 0. The first-order valence-corrected chi connectivity index (χ1v) is 8.68. The number of nitriles is 1. The SMILES string of the molecule is Cn1cc(/C=C(\C#N)S(=O)(=O)c2ccc(N)cc2)c2ccccc21. The van der Waals surface area contributed by atoms with E-state index in [0.29, 0.717) is 11.3 Å². The highest BCUT2D eigenvalue weighted by atomic mass is 32.2. The molecule has 0 bridgehead atoms. The number of nitrogens with zero attached hydrogens (tertiary/aromatic N) is 2. The third-order valence-electron chi connectivity index (χ3n) is 3.80. The van der Waals surface area contributed by atoms with Crippen molar-refractivity contribution in [2.24, 2.45) is 7.05 Å². The van der Waals surface area contributed by atoms with E-state index in [2.05, 4.69) is 0 Å². The Morgan fingerprint density at radius 3 is 2.50 bits per heavy atom. The highest BCUT2D eigenvalue weighted by Crippen LogP contribution is 2.26. The summed E-state index contributed by atoms with van der Waals surface area (Å²) >= 11 is 0. The Morgan fingerprint density at radius 2 is 1.83 bits per heavy atom. The topological polar surface area (TPSA) is 88.9 Å². The molecule has 0 spiro atoms. The molecule has 0 aliphatic rings. The van der Waals surface area contributed by atoms with Gasteiger partial charge in [-0.25, -0.2) is 8.42 Å². The molecule has 5 nitrogen and oxygen atoms in total. The molecule has 0 aliphatic carbocycles. The van der Waals surface area contributed by atoms with E-state index < -0.39 is 9.84 Å². The molecule has 0 atom stereocenters. The lowest BCUT2D eigenvalue weighted by Crippen LogP contribution is -2.03. The highest BCUT2D eigenvalue weighted by molar-refractivity contribution is 7.95. The predicted octanol–water partition coefficient (Wildman–Crippen LogP) is 3.10. The molecule has 1 heterocycles. The van der Waals surface area contributed by atoms with Gasteiger partial charge in [0.1, 0.15) is 11.0 Å². The molecular formula is C18H15N3O2S. The summed E-state index contributed by atoms with van der Waals surface area (Å²) in [6, 6.07) is 15.2. The zero-order chi connectivity index (χ0) is 17.3. The molecule has 0 radical (unpaired) electrons. The maximum Gasteiger partial charge on any atom is 0.216 e. The quantitative estimate of drug-likeness (QED) is 0.587. The molecule has 24 heavy (non-hydrogen) atoms. The second kappa shape index (κ2) is 5.87. The van der Waals surface area contributed by atoms with Gasteiger partial charge in [-0.05, 0) is 36.4 Å². The molecule has 1 aromatic heterocycles. The van der Waals surface area contributed by atoms with Crippen LogP contribution in [0.25, 0.3) is 17.0 Å². The number of nitrogen functional groups attached to an aromatic ring is 1. The Hall–Kier alpha value is -3.04. The number of aryl methyl sites for hydroxylation is 1. The van der Waals surface area contributed by atoms with Crippen LogP contribution in [-0.4, -0.2) is 13.0 Å². The molecule has 0 fully saturated rings. The number of aromatic nitrogens is 1. The number of nitrogens with two attached hydrogens (primary N) is 1. The summed E-state index contributed by atoms with van der Waals surface area (Å²) in [4.78, 5) is -0.256. The van der Waals surface area contributed by atoms with Crippen LogP contribution in [0.1, 0.15) is 5.56 Å². The number of para-hydroxylation sites is 1. The van der Waals surface area contributed by atoms with E-state index in [0.717, 1.165) is 10.9 Å². The van der Waals surface area contributed by atoms with Crippen LogP contribution in [-0.2, 0) is 16.9 Å². The fourth-order valence-electron chi connectivity index (χ4n) is 2.57. The first-order chi connectivity index (χ1) is 11.4. The largest absolute Gasteiger partial charge is 0.399 e. The van der Waals surface area contributed by atoms with Gasteiger partial charge in [-0.15, -0.1) is 0 Å². The van der Waals surface area contributed by atoms with Crippen molar-refractivity contribution in [3.63, 3.8) is 0 Å². The standard InChI is InChI=1S/C18H15N3O2S/c1-21-12-13(17-4-2-3-5-18(17)21)10-16(11-19)24(22,23)15-8-6-14(20)7-9-15/h2-10,12H,20H2,1H3/b16-10+. The minimum absolute atomic E-state index is 0.0461. The third kappa shape index (κ3) is 2.66. The van der Waals surface area contributed by atoms with Crippen LogP contribution in [0.3, 0.4) is 0 Å². The second-order valence-electron chi connectivity index (χ2n) is 5.41. The van der Waals surface area contributed by atoms with E-state index >= 15 is 0 Å². The number of allylic oxidation sites excluding steroid dienone is 1. The summed E-state index contributed by atoms with van der Waals surface area (Å²) in [5, 5.41) is 10.3. The first kappa shape index (κ1) is 15.8. The van der Waals surface area contributed by atoms with Crippen molar-refractivity contribution in [1.82, 2.24) is 4.57 Å². The van der Waals surface area contributed by atoms with Crippen molar-refractivity contribution in [2.75, 3.05) is 5.73 Å². The first-order valence-electron chi connectivity index (χ1n) is 7.20. The van der Waals surface area contributed by atoms with Crippen molar-refractivity contribution in [1.29, 1.82) is 5.26 Å². The van der Waals surface area contributed by atoms with Crippen LogP contribution < -0.4 is 5.73 Å². The van der Waals surface area contributed by atoms with Gasteiger partial charge in [-0.2, -0.15) is 5.26 Å². The minimum Gasteiger partial charge on any atom is -0.399 e. The minimum atomic E-state index is -3.89. The van der Waals surface area contributed by atoms with Crippen LogP contribution in [0.2, 0.25) is 0 Å². The summed E-state index contributed by atoms with van der Waals surface area (Å²) in [6.07, 6.45) is 3.22. The van der Waals surface area contributed by atoms with Gasteiger partial charge in [-0.1, -0.05) is 18.2 Å². The van der Waals surface area contributed by atoms with Crippen LogP contribution in [0.15, 0.2) is 64.5 Å². The summed E-state index contributed by atoms with van der Waals surface area (Å²) in [5.74, 6) is 0. The van der Waals surface area contributed by atoms with E-state index in [1.165, 1.54) is 30.3 Å². The third-order valence-corrected chi connectivity index (χ3v) is 5.49. The van der Waals surface area contributed by atoms with Gasteiger partial charge in [0.05, 0.1) is 4.90 Å². The lowest BCUT2D eigenvalue weighted by atomic mass is 10.1. The van der Waals surface area contributed by atoms with E-state index in [1.807, 2.05) is 41.9 Å². The Bertz CT molecular complexity index is 1090. The van der Waals surface area contributed by atoms with Crippen LogP contribution in [0, 0.1) is 11.3 Å². The molecule has 0 saturated carbocycles. The number of hydrogen-bond acceptors (Lipinski definition) is 4. The number of anilines is 1. The lowest BCUT2D eigenvalue weighted by molar-refractivity contribution is 0.603. The van der Waals surface area contributed by atoms with Gasteiger partial charge in [0, 0.05) is 35.4 Å². The van der Waals surface area contributed by atoms with Crippen molar-refractivity contribution in [3.8, 4) is 6.07 Å². The average molecular weight is 337 g/mol. The lowest BCUT2D eigenvalue weighted by Gasteiger charge is -2.03. The summed E-state index contributed by atoms with van der Waals surface area (Å²) < 4.78 is 27.3. The summed E-state index contributed by atoms with van der Waals surface area (Å²) in [5.41, 5.74) is 7.70. The van der Waals surface area contributed by atoms with Gasteiger partial charge < -0.3 is 10.3 Å². The average Bonchev–Trinajstić information content (AvgIpc) is 2.89. The Kier molecular flexibility index (Phi) is 3.87. The van der Waals surface area contributed by atoms with Gasteiger partial charge in [-0.3, -0.25) is 0 Å². The number of benzene rings is 2. The summed E-state index contributed by atoms with van der Waals surface area (Å²) in [7, 11) is -2.02. The Balaban J connectivity index is 2.16. The Morgan fingerprint density at radius 1 is 1.17 bits per heavy atom. The molecule has 0 amide bonds. The van der Waals surface area contributed by atoms with Crippen LogP contribution in [0.4, 0.5) is 5.69 Å². The molecule has 3 aromatic rings. The van der Waals surface area contributed by atoms with Crippen LogP contribution in [0.5, 0.6) is 0 Å². The number of rotatable bonds is 3. The van der Waals surface area contributed by atoms with Crippen molar-refractivity contribution < 1.29 is 8.42 Å². The van der Waals surface area contributed by atoms with Crippen molar-refractivity contribution >= 4 is 32.5 Å². The second-order valence-corrected chi connectivity index (χ2v) is 7.32. The maximum absolute atomic E-state index is 12.7. The van der Waals surface area contributed by atoms with Gasteiger partial charge in [0.15, 0.2) is 0 Å². The van der Waals surface area contributed by atoms with E-state index in [1.54, 1.807) is 6.20 Å². The van der Waals surface area contributed by atoms with E-state index in [9.17, 15) is 13.7 Å². The van der Waals surface area contributed by atoms with Gasteiger partial charge >= 0.3 is 0 Å². The zero-order valence-electron chi connectivity index (χ0n) is 13.0. The molecule has 0 saturated heterocycles. The molecule has 2 aromatic carbocycles. The normalized spacial score (nSPS) is 12.2. The molecule has 120 valence electrons. The van der Waals surface area contributed by atoms with Crippen LogP contribution >= 0.6 is 0 Å². The number of hydrogen-bond donors (Lipinski definition) is 1. The van der Waals surface area contributed by atoms with Gasteiger partial charge in [0.2, 0.25) is 9.84 Å². The molecule has 3 rings (SSSR count). The fourth-order valence-corrected chi connectivity index (χ4v) is 3.72. The smallest absolute Gasteiger partial charge is 0.216 e. The Labute approximate surface area is 140 Å².